The fourth-order valence-corrected chi connectivity index (χ4v) is 3.94. The number of halogens is 1. The lowest BCUT2D eigenvalue weighted by molar-refractivity contribution is -0.142. The molecule has 2 aromatic carbocycles. The Hall–Kier alpha value is -2.89. The third-order valence-corrected chi connectivity index (χ3v) is 5.74. The van der Waals surface area contributed by atoms with Gasteiger partial charge in [-0.3, -0.25) is 9.59 Å². The monoisotopic (exact) mass is 426 g/mol. The molecule has 1 aliphatic carbocycles. The summed E-state index contributed by atoms with van der Waals surface area (Å²) >= 11 is 0. The van der Waals surface area contributed by atoms with Crippen molar-refractivity contribution in [2.24, 2.45) is 0 Å². The Morgan fingerprint density at radius 3 is 2.58 bits per heavy atom. The summed E-state index contributed by atoms with van der Waals surface area (Å²) in [5, 5.41) is 3.10. The third kappa shape index (κ3) is 6.54. The first-order chi connectivity index (χ1) is 14.9. The molecule has 3 rings (SSSR count). The van der Waals surface area contributed by atoms with E-state index in [1.807, 2.05) is 31.2 Å². The van der Waals surface area contributed by atoms with Crippen LogP contribution in [0.1, 0.15) is 50.2 Å². The number of hydrogen-bond donors (Lipinski definition) is 1. The van der Waals surface area contributed by atoms with E-state index in [9.17, 15) is 14.0 Å². The molecule has 1 saturated carbocycles. The molecule has 1 aliphatic rings. The molecule has 166 valence electrons. The summed E-state index contributed by atoms with van der Waals surface area (Å²) in [5.41, 5.74) is 2.00. The molecule has 0 spiro atoms. The maximum Gasteiger partial charge on any atom is 0.261 e. The van der Waals surface area contributed by atoms with Crippen LogP contribution in [0.25, 0.3) is 0 Å². The van der Waals surface area contributed by atoms with Crippen LogP contribution in [0.5, 0.6) is 5.75 Å². The molecule has 0 aromatic heterocycles. The summed E-state index contributed by atoms with van der Waals surface area (Å²) in [6.07, 6.45) is 5.37. The van der Waals surface area contributed by atoms with Crippen molar-refractivity contribution >= 4 is 11.8 Å². The van der Waals surface area contributed by atoms with E-state index >= 15 is 0 Å². The number of nitrogens with zero attached hydrogens (tertiary/aromatic N) is 1. The molecule has 6 heteroatoms. The van der Waals surface area contributed by atoms with Gasteiger partial charge in [-0.15, -0.1) is 0 Å². The predicted octanol–water partition coefficient (Wildman–Crippen LogP) is 4.38. The minimum Gasteiger partial charge on any atom is -0.481 e. The van der Waals surface area contributed by atoms with Crippen LogP contribution in [0.2, 0.25) is 0 Å². The molecule has 0 heterocycles. The summed E-state index contributed by atoms with van der Waals surface area (Å²) < 4.78 is 19.3. The smallest absolute Gasteiger partial charge is 0.261 e. The van der Waals surface area contributed by atoms with E-state index in [1.165, 1.54) is 23.5 Å². The highest BCUT2D eigenvalue weighted by Gasteiger charge is 2.28. The van der Waals surface area contributed by atoms with Gasteiger partial charge in [-0.25, -0.2) is 4.39 Å². The first-order valence-corrected chi connectivity index (χ1v) is 11.0. The van der Waals surface area contributed by atoms with Gasteiger partial charge in [0.25, 0.3) is 5.91 Å². The fraction of sp³-hybridized carbons (Fsp3) is 0.440. The van der Waals surface area contributed by atoms with Gasteiger partial charge < -0.3 is 15.0 Å². The zero-order valence-electron chi connectivity index (χ0n) is 18.3. The molecule has 2 amide bonds. The number of hydrogen-bond acceptors (Lipinski definition) is 3. The van der Waals surface area contributed by atoms with Crippen molar-refractivity contribution in [2.75, 3.05) is 6.61 Å². The lowest BCUT2D eigenvalue weighted by atomic mass is 9.95. The molecule has 1 fully saturated rings. The van der Waals surface area contributed by atoms with Crippen molar-refractivity contribution in [1.82, 2.24) is 10.2 Å². The molecule has 5 nitrogen and oxygen atoms in total. The molecule has 1 N–H and O–H groups in total. The average Bonchev–Trinajstić information content (AvgIpc) is 2.77. The van der Waals surface area contributed by atoms with E-state index in [-0.39, 0.29) is 36.8 Å². The van der Waals surface area contributed by atoms with Gasteiger partial charge in [-0.1, -0.05) is 61.2 Å². The number of ether oxygens (including phenoxy) is 1. The number of amides is 2. The Labute approximate surface area is 183 Å². The van der Waals surface area contributed by atoms with E-state index in [0.29, 0.717) is 0 Å². The molecule has 0 radical (unpaired) electrons. The van der Waals surface area contributed by atoms with Gasteiger partial charge in [0.2, 0.25) is 5.91 Å². The minimum absolute atomic E-state index is 0.0191. The molecule has 0 unspecified atom stereocenters. The van der Waals surface area contributed by atoms with Gasteiger partial charge in [-0.2, -0.15) is 0 Å². The Balaban J connectivity index is 1.71. The number of nitrogens with one attached hydrogen (secondary N) is 1. The number of aryl methyl sites for hydroxylation is 1. The fourth-order valence-electron chi connectivity index (χ4n) is 3.94. The number of carbonyl (C=O) groups is 2. The number of rotatable bonds is 8. The van der Waals surface area contributed by atoms with Gasteiger partial charge in [-0.05, 0) is 44.4 Å². The van der Waals surface area contributed by atoms with Gasteiger partial charge in [0.05, 0.1) is 0 Å². The molecule has 0 aliphatic heterocycles. The molecule has 31 heavy (non-hydrogen) atoms. The van der Waals surface area contributed by atoms with Crippen molar-refractivity contribution in [1.29, 1.82) is 0 Å². The number of carbonyl (C=O) groups excluding carboxylic acids is 2. The first-order valence-electron chi connectivity index (χ1n) is 11.0. The Morgan fingerprint density at radius 1 is 1.13 bits per heavy atom. The van der Waals surface area contributed by atoms with Crippen molar-refractivity contribution in [2.45, 2.75) is 64.6 Å². The first kappa shape index (κ1) is 22.8. The Kier molecular flexibility index (Phi) is 8.04. The van der Waals surface area contributed by atoms with Crippen LogP contribution in [0.4, 0.5) is 4.39 Å². The van der Waals surface area contributed by atoms with Gasteiger partial charge in [0.15, 0.2) is 18.2 Å². The standard InChI is InChI=1S/C25H31FN2O3/c1-18-9-8-10-20(15-18)16-28(19(2)25(30)27-21-11-4-3-5-12-21)24(29)17-31-23-14-7-6-13-22(23)26/h6-10,13-15,19,21H,3-5,11-12,16-17H2,1-2H3,(H,27,30)/t19-/m1/s1. The van der Waals surface area contributed by atoms with E-state index in [2.05, 4.69) is 5.32 Å². The third-order valence-electron chi connectivity index (χ3n) is 5.74. The maximum atomic E-state index is 13.9. The zero-order valence-corrected chi connectivity index (χ0v) is 18.3. The zero-order chi connectivity index (χ0) is 22.2. The van der Waals surface area contributed by atoms with Crippen LogP contribution in [-0.4, -0.2) is 35.4 Å². The van der Waals surface area contributed by atoms with Gasteiger partial charge in [0, 0.05) is 12.6 Å². The molecular weight excluding hydrogens is 395 g/mol. The quantitative estimate of drug-likeness (QED) is 0.682. The van der Waals surface area contributed by atoms with Gasteiger partial charge >= 0.3 is 0 Å². The van der Waals surface area contributed by atoms with Crippen molar-refractivity contribution in [3.05, 3.63) is 65.5 Å². The number of benzene rings is 2. The van der Waals surface area contributed by atoms with Crippen LogP contribution in [-0.2, 0) is 16.1 Å². The Bertz CT molecular complexity index is 896. The molecule has 0 saturated heterocycles. The van der Waals surface area contributed by atoms with Crippen LogP contribution in [0, 0.1) is 12.7 Å². The van der Waals surface area contributed by atoms with Crippen LogP contribution >= 0.6 is 0 Å². The highest BCUT2D eigenvalue weighted by atomic mass is 19.1. The predicted molar refractivity (Wildman–Crippen MR) is 118 cm³/mol. The lowest BCUT2D eigenvalue weighted by Gasteiger charge is -2.31. The molecule has 1 atom stereocenters. The average molecular weight is 427 g/mol. The minimum atomic E-state index is -0.667. The topological polar surface area (TPSA) is 58.6 Å². The van der Waals surface area contributed by atoms with Crippen LogP contribution in [0.3, 0.4) is 0 Å². The number of para-hydroxylation sites is 1. The van der Waals surface area contributed by atoms with E-state index in [0.717, 1.165) is 36.8 Å². The highest BCUT2D eigenvalue weighted by molar-refractivity contribution is 5.88. The van der Waals surface area contributed by atoms with E-state index in [4.69, 9.17) is 4.74 Å². The van der Waals surface area contributed by atoms with E-state index < -0.39 is 11.9 Å². The molecule has 0 bridgehead atoms. The summed E-state index contributed by atoms with van der Waals surface area (Å²) in [5.74, 6) is -1.04. The van der Waals surface area contributed by atoms with Crippen molar-refractivity contribution in [3.63, 3.8) is 0 Å². The second-order valence-electron chi connectivity index (χ2n) is 8.25. The molecular formula is C25H31FN2O3. The maximum absolute atomic E-state index is 13.9. The van der Waals surface area contributed by atoms with Gasteiger partial charge in [0.1, 0.15) is 6.04 Å². The van der Waals surface area contributed by atoms with E-state index in [1.54, 1.807) is 19.1 Å². The largest absolute Gasteiger partial charge is 0.481 e. The van der Waals surface area contributed by atoms with Crippen LogP contribution < -0.4 is 10.1 Å². The summed E-state index contributed by atoms with van der Waals surface area (Å²) in [7, 11) is 0. The second kappa shape index (κ2) is 10.9. The summed E-state index contributed by atoms with van der Waals surface area (Å²) in [6.45, 7) is 3.65. The summed E-state index contributed by atoms with van der Waals surface area (Å²) in [4.78, 5) is 27.5. The lowest BCUT2D eigenvalue weighted by Crippen LogP contribution is -2.51. The normalized spacial score (nSPS) is 15.2. The van der Waals surface area contributed by atoms with Crippen LogP contribution in [0.15, 0.2) is 48.5 Å². The second-order valence-corrected chi connectivity index (χ2v) is 8.25. The molecule has 2 aromatic rings. The van der Waals surface area contributed by atoms with Crippen molar-refractivity contribution in [3.8, 4) is 5.75 Å². The highest BCUT2D eigenvalue weighted by Crippen LogP contribution is 2.19. The summed E-state index contributed by atoms with van der Waals surface area (Å²) in [6, 6.07) is 13.3. The SMILES string of the molecule is Cc1cccc(CN(C(=O)COc2ccccc2F)[C@H](C)C(=O)NC2CCCCC2)c1. The Morgan fingerprint density at radius 2 is 1.87 bits per heavy atom. The van der Waals surface area contributed by atoms with Crippen molar-refractivity contribution < 1.29 is 18.7 Å².